The highest BCUT2D eigenvalue weighted by molar-refractivity contribution is 5.87. The van der Waals surface area contributed by atoms with Crippen LogP contribution in [-0.2, 0) is 20.8 Å². The van der Waals surface area contributed by atoms with E-state index in [2.05, 4.69) is 10.1 Å². The first kappa shape index (κ1) is 14.2. The van der Waals surface area contributed by atoms with Gasteiger partial charge < -0.3 is 19.2 Å². The SMILES string of the molecule is CCOC(=O)C(C)NCc1ccoc1C(=O)OC. The molecule has 0 saturated heterocycles. The Morgan fingerprint density at radius 3 is 2.83 bits per heavy atom. The molecule has 18 heavy (non-hydrogen) atoms. The summed E-state index contributed by atoms with van der Waals surface area (Å²) < 4.78 is 14.5. The standard InChI is InChI=1S/C12H17NO5/c1-4-17-11(14)8(2)13-7-9-5-6-18-10(9)12(15)16-3/h5-6,8,13H,4,7H2,1-3H3. The lowest BCUT2D eigenvalue weighted by Crippen LogP contribution is -2.35. The van der Waals surface area contributed by atoms with Crippen LogP contribution in [0.15, 0.2) is 16.7 Å². The van der Waals surface area contributed by atoms with Crippen molar-refractivity contribution in [1.82, 2.24) is 5.32 Å². The molecule has 0 spiro atoms. The Morgan fingerprint density at radius 2 is 2.22 bits per heavy atom. The van der Waals surface area contributed by atoms with Gasteiger partial charge in [0.25, 0.3) is 0 Å². The summed E-state index contributed by atoms with van der Waals surface area (Å²) in [5.41, 5.74) is 0.637. The minimum absolute atomic E-state index is 0.140. The summed E-state index contributed by atoms with van der Waals surface area (Å²) in [4.78, 5) is 22.7. The molecule has 1 unspecified atom stereocenters. The summed E-state index contributed by atoms with van der Waals surface area (Å²) in [7, 11) is 1.28. The monoisotopic (exact) mass is 255 g/mol. The van der Waals surface area contributed by atoms with E-state index in [1.165, 1.54) is 13.4 Å². The van der Waals surface area contributed by atoms with E-state index >= 15 is 0 Å². The highest BCUT2D eigenvalue weighted by Gasteiger charge is 2.18. The van der Waals surface area contributed by atoms with Crippen molar-refractivity contribution < 1.29 is 23.5 Å². The van der Waals surface area contributed by atoms with Crippen LogP contribution < -0.4 is 5.32 Å². The fraction of sp³-hybridized carbons (Fsp3) is 0.500. The number of esters is 2. The number of rotatable bonds is 6. The number of furan rings is 1. The van der Waals surface area contributed by atoms with Crippen molar-refractivity contribution in [2.24, 2.45) is 0 Å². The van der Waals surface area contributed by atoms with Crippen molar-refractivity contribution in [2.45, 2.75) is 26.4 Å². The second-order valence-electron chi connectivity index (χ2n) is 3.62. The smallest absolute Gasteiger partial charge is 0.374 e. The summed E-state index contributed by atoms with van der Waals surface area (Å²) >= 11 is 0. The quantitative estimate of drug-likeness (QED) is 0.767. The van der Waals surface area contributed by atoms with Crippen LogP contribution in [0.2, 0.25) is 0 Å². The van der Waals surface area contributed by atoms with Crippen LogP contribution in [0.25, 0.3) is 0 Å². The molecule has 0 aliphatic carbocycles. The minimum Gasteiger partial charge on any atom is -0.465 e. The van der Waals surface area contributed by atoms with Crippen LogP contribution in [0.1, 0.15) is 30.0 Å². The van der Waals surface area contributed by atoms with Gasteiger partial charge in [-0.25, -0.2) is 4.79 Å². The van der Waals surface area contributed by atoms with Crippen molar-refractivity contribution in [3.8, 4) is 0 Å². The highest BCUT2D eigenvalue weighted by Crippen LogP contribution is 2.11. The van der Waals surface area contributed by atoms with Crippen molar-refractivity contribution in [2.75, 3.05) is 13.7 Å². The Hall–Kier alpha value is -1.82. The van der Waals surface area contributed by atoms with Gasteiger partial charge in [-0.15, -0.1) is 0 Å². The summed E-state index contributed by atoms with van der Waals surface area (Å²) in [6.07, 6.45) is 1.40. The van der Waals surface area contributed by atoms with Crippen LogP contribution in [0.5, 0.6) is 0 Å². The molecule has 0 aliphatic heterocycles. The molecule has 0 amide bonds. The molecule has 1 aromatic rings. The zero-order chi connectivity index (χ0) is 13.5. The number of hydrogen-bond donors (Lipinski definition) is 1. The van der Waals surface area contributed by atoms with Crippen LogP contribution in [-0.4, -0.2) is 31.7 Å². The molecule has 0 radical (unpaired) electrons. The molecule has 6 heteroatoms. The molecule has 6 nitrogen and oxygen atoms in total. The minimum atomic E-state index is -0.541. The number of methoxy groups -OCH3 is 1. The lowest BCUT2D eigenvalue weighted by atomic mass is 10.2. The van der Waals surface area contributed by atoms with Gasteiger partial charge in [-0.2, -0.15) is 0 Å². The van der Waals surface area contributed by atoms with E-state index in [4.69, 9.17) is 9.15 Å². The Kier molecular flexibility index (Phi) is 5.38. The first-order valence-corrected chi connectivity index (χ1v) is 5.64. The number of carbonyl (C=O) groups excluding carboxylic acids is 2. The van der Waals surface area contributed by atoms with Gasteiger partial charge in [-0.05, 0) is 19.9 Å². The average molecular weight is 255 g/mol. The Balaban J connectivity index is 2.56. The van der Waals surface area contributed by atoms with Gasteiger partial charge in [0.2, 0.25) is 5.76 Å². The fourth-order valence-electron chi connectivity index (χ4n) is 1.36. The lowest BCUT2D eigenvalue weighted by Gasteiger charge is -2.12. The maximum absolute atomic E-state index is 11.4. The van der Waals surface area contributed by atoms with E-state index < -0.39 is 12.0 Å². The van der Waals surface area contributed by atoms with Gasteiger partial charge in [-0.1, -0.05) is 0 Å². The van der Waals surface area contributed by atoms with Crippen molar-refractivity contribution in [3.05, 3.63) is 23.7 Å². The van der Waals surface area contributed by atoms with Crippen LogP contribution in [0.3, 0.4) is 0 Å². The van der Waals surface area contributed by atoms with E-state index in [0.717, 1.165) is 0 Å². The molecule has 1 aromatic heterocycles. The second kappa shape index (κ2) is 6.80. The Morgan fingerprint density at radius 1 is 1.50 bits per heavy atom. The topological polar surface area (TPSA) is 77.8 Å². The number of ether oxygens (including phenoxy) is 2. The predicted molar refractivity (Wildman–Crippen MR) is 63.0 cm³/mol. The Bertz CT molecular complexity index is 412. The van der Waals surface area contributed by atoms with Gasteiger partial charge in [0, 0.05) is 12.1 Å². The largest absolute Gasteiger partial charge is 0.465 e. The summed E-state index contributed by atoms with van der Waals surface area (Å²) in [5, 5.41) is 2.95. The third-order valence-electron chi connectivity index (χ3n) is 2.36. The molecular weight excluding hydrogens is 238 g/mol. The third kappa shape index (κ3) is 3.59. The third-order valence-corrected chi connectivity index (χ3v) is 2.36. The first-order valence-electron chi connectivity index (χ1n) is 5.64. The zero-order valence-corrected chi connectivity index (χ0v) is 10.7. The molecule has 100 valence electrons. The van der Waals surface area contributed by atoms with Gasteiger partial charge in [0.05, 0.1) is 20.0 Å². The fourth-order valence-corrected chi connectivity index (χ4v) is 1.36. The summed E-state index contributed by atoms with van der Waals surface area (Å²) in [6.45, 7) is 4.09. The maximum atomic E-state index is 11.4. The molecular formula is C12H17NO5. The highest BCUT2D eigenvalue weighted by atomic mass is 16.5. The molecule has 0 aliphatic rings. The number of hydrogen-bond acceptors (Lipinski definition) is 6. The van der Waals surface area contributed by atoms with E-state index in [9.17, 15) is 9.59 Å². The second-order valence-corrected chi connectivity index (χ2v) is 3.62. The summed E-state index contributed by atoms with van der Waals surface area (Å²) in [5.74, 6) is -0.734. The Labute approximate surface area is 105 Å². The zero-order valence-electron chi connectivity index (χ0n) is 10.7. The van der Waals surface area contributed by atoms with Gasteiger partial charge in [0.15, 0.2) is 0 Å². The van der Waals surface area contributed by atoms with E-state index in [-0.39, 0.29) is 11.7 Å². The van der Waals surface area contributed by atoms with Crippen molar-refractivity contribution in [3.63, 3.8) is 0 Å². The lowest BCUT2D eigenvalue weighted by molar-refractivity contribution is -0.145. The van der Waals surface area contributed by atoms with Crippen LogP contribution in [0, 0.1) is 0 Å². The van der Waals surface area contributed by atoms with Crippen molar-refractivity contribution >= 4 is 11.9 Å². The molecule has 1 rings (SSSR count). The molecule has 1 atom stereocenters. The van der Waals surface area contributed by atoms with E-state index in [0.29, 0.717) is 18.7 Å². The van der Waals surface area contributed by atoms with E-state index in [1.54, 1.807) is 19.9 Å². The molecule has 0 aromatic carbocycles. The number of nitrogens with one attached hydrogen (secondary N) is 1. The normalized spacial score (nSPS) is 11.9. The van der Waals surface area contributed by atoms with Crippen LogP contribution in [0.4, 0.5) is 0 Å². The molecule has 1 heterocycles. The average Bonchev–Trinajstić information content (AvgIpc) is 2.83. The van der Waals surface area contributed by atoms with E-state index in [1.807, 2.05) is 0 Å². The molecule has 1 N–H and O–H groups in total. The predicted octanol–water partition coefficient (Wildman–Crippen LogP) is 1.11. The molecule has 0 saturated carbocycles. The first-order chi connectivity index (χ1) is 8.60. The van der Waals surface area contributed by atoms with Gasteiger partial charge >= 0.3 is 11.9 Å². The number of carbonyl (C=O) groups is 2. The van der Waals surface area contributed by atoms with Gasteiger partial charge in [-0.3, -0.25) is 4.79 Å². The van der Waals surface area contributed by atoms with Crippen LogP contribution >= 0.6 is 0 Å². The molecule has 0 bridgehead atoms. The maximum Gasteiger partial charge on any atom is 0.374 e. The molecule has 0 fully saturated rings. The van der Waals surface area contributed by atoms with Gasteiger partial charge in [0.1, 0.15) is 6.04 Å². The summed E-state index contributed by atoms with van der Waals surface area (Å²) in [6, 6.07) is 1.20. The van der Waals surface area contributed by atoms with Crippen molar-refractivity contribution in [1.29, 1.82) is 0 Å².